The summed E-state index contributed by atoms with van der Waals surface area (Å²) in [6, 6.07) is 38.5. The molecule has 4 aromatic carbocycles. The summed E-state index contributed by atoms with van der Waals surface area (Å²) >= 11 is 0. The lowest BCUT2D eigenvalue weighted by Crippen LogP contribution is -2.67. The summed E-state index contributed by atoms with van der Waals surface area (Å²) in [7, 11) is 0. The molecule has 1 aliphatic carbocycles. The van der Waals surface area contributed by atoms with Crippen molar-refractivity contribution in [1.29, 1.82) is 0 Å². The smallest absolute Gasteiger partial charge is 0.217 e. The van der Waals surface area contributed by atoms with E-state index in [-0.39, 0.29) is 37.4 Å². The van der Waals surface area contributed by atoms with Gasteiger partial charge in [0, 0.05) is 25.0 Å². The van der Waals surface area contributed by atoms with E-state index in [2.05, 4.69) is 12.2 Å². The molecule has 1 saturated carbocycles. The molecule has 11 nitrogen and oxygen atoms in total. The van der Waals surface area contributed by atoms with Crippen LogP contribution in [-0.4, -0.2) is 80.5 Å². The minimum Gasteiger partial charge on any atom is -0.374 e. The van der Waals surface area contributed by atoms with Gasteiger partial charge in [-0.05, 0) is 29.5 Å². The van der Waals surface area contributed by atoms with Crippen molar-refractivity contribution in [2.75, 3.05) is 19.8 Å². The Morgan fingerprint density at radius 1 is 0.694 bits per heavy atom. The molecule has 11 heteroatoms. The lowest BCUT2D eigenvalue weighted by molar-refractivity contribution is -0.303. The van der Waals surface area contributed by atoms with Crippen molar-refractivity contribution in [3.8, 4) is 0 Å². The van der Waals surface area contributed by atoms with Crippen molar-refractivity contribution in [2.24, 2.45) is 5.92 Å². The SMILES string of the molecule is CCCCCCCCO[C@@H]1O[C@H](COCc2ccccc2)[C@@H](O[C@@H]2C[C@@H]3CO[C@@H](c4ccccc4)O[C@H]3[C@H](OCc3ccccc3)C2=O)[C@H](OCc2ccccc2)[C@H]1NC(C)=O. The summed E-state index contributed by atoms with van der Waals surface area (Å²) in [4.78, 5) is 27.9. The molecular weight excluding hydrogens is 787 g/mol. The monoisotopic (exact) mass is 849 g/mol. The standard InChI is InChI=1S/C51H63NO10/c1-3-4-5-6-7-20-29-56-51-44(52-36(2)53)48(57-32-38-23-14-9-15-24-38)47(43(61-51)35-55-31-37-21-12-8-13-22-37)60-42-30-41-34-59-50(40-27-18-11-19-28-40)62-46(41)49(45(42)54)58-33-39-25-16-10-17-26-39/h8-19,21-28,41-44,46-51H,3-7,20,29-35H2,1-2H3,(H,52,53)/t41-,42-,43-,44-,46-,47-,48-,49-,50-,51-/m1/s1. The Hall–Kier alpha value is -4.30. The number of carbonyl (C=O) groups is 2. The third kappa shape index (κ3) is 12.9. The van der Waals surface area contributed by atoms with E-state index in [9.17, 15) is 9.59 Å². The molecule has 2 saturated heterocycles. The van der Waals surface area contributed by atoms with E-state index >= 15 is 0 Å². The molecular formula is C51H63NO10. The predicted molar refractivity (Wildman–Crippen MR) is 234 cm³/mol. The summed E-state index contributed by atoms with van der Waals surface area (Å²) in [6.45, 7) is 5.33. The van der Waals surface area contributed by atoms with E-state index in [0.717, 1.165) is 41.5 Å². The molecule has 2 heterocycles. The average Bonchev–Trinajstić information content (AvgIpc) is 3.30. The number of unbranched alkanes of at least 4 members (excludes halogenated alkanes) is 5. The minimum absolute atomic E-state index is 0.111. The fraction of sp³-hybridized carbons (Fsp3) is 0.490. The largest absolute Gasteiger partial charge is 0.374 e. The highest BCUT2D eigenvalue weighted by Gasteiger charge is 2.54. The van der Waals surface area contributed by atoms with E-state index in [0.29, 0.717) is 26.2 Å². The van der Waals surface area contributed by atoms with Crippen LogP contribution in [0.15, 0.2) is 121 Å². The highest BCUT2D eigenvalue weighted by atomic mass is 16.7. The zero-order chi connectivity index (χ0) is 42.9. The van der Waals surface area contributed by atoms with Gasteiger partial charge >= 0.3 is 0 Å². The Balaban J connectivity index is 1.17. The number of nitrogens with one attached hydrogen (secondary N) is 1. The highest BCUT2D eigenvalue weighted by Crippen LogP contribution is 2.40. The lowest BCUT2D eigenvalue weighted by Gasteiger charge is -2.49. The molecule has 62 heavy (non-hydrogen) atoms. The number of hydrogen-bond acceptors (Lipinski definition) is 10. The molecule has 0 bridgehead atoms. The maximum absolute atomic E-state index is 14.9. The first kappa shape index (κ1) is 45.7. The zero-order valence-electron chi connectivity index (χ0n) is 36.1. The summed E-state index contributed by atoms with van der Waals surface area (Å²) in [5, 5.41) is 3.10. The molecule has 2 aliphatic heterocycles. The Bertz CT molecular complexity index is 1900. The first-order valence-corrected chi connectivity index (χ1v) is 22.4. The second kappa shape index (κ2) is 24.0. The van der Waals surface area contributed by atoms with E-state index in [4.69, 9.17) is 37.9 Å². The van der Waals surface area contributed by atoms with Crippen LogP contribution >= 0.6 is 0 Å². The second-order valence-electron chi connectivity index (χ2n) is 16.6. The molecule has 1 N–H and O–H groups in total. The van der Waals surface area contributed by atoms with Crippen LogP contribution in [0.3, 0.4) is 0 Å². The van der Waals surface area contributed by atoms with Crippen LogP contribution in [0.5, 0.6) is 0 Å². The molecule has 0 unspecified atom stereocenters. The van der Waals surface area contributed by atoms with E-state index < -0.39 is 55.2 Å². The summed E-state index contributed by atoms with van der Waals surface area (Å²) in [6.07, 6.45) is 0.497. The number of hydrogen-bond donors (Lipinski definition) is 1. The van der Waals surface area contributed by atoms with Gasteiger partial charge in [0.2, 0.25) is 5.91 Å². The molecule has 0 radical (unpaired) electrons. The van der Waals surface area contributed by atoms with Crippen molar-refractivity contribution < 1.29 is 47.5 Å². The number of amides is 1. The molecule has 4 aromatic rings. The summed E-state index contributed by atoms with van der Waals surface area (Å²) in [5.74, 6) is -0.730. The van der Waals surface area contributed by atoms with Gasteiger partial charge in [-0.15, -0.1) is 0 Å². The summed E-state index contributed by atoms with van der Waals surface area (Å²) < 4.78 is 53.0. The molecule has 332 valence electrons. The van der Waals surface area contributed by atoms with Crippen molar-refractivity contribution in [3.63, 3.8) is 0 Å². The van der Waals surface area contributed by atoms with Crippen molar-refractivity contribution in [1.82, 2.24) is 5.32 Å². The molecule has 3 aliphatic rings. The quantitative estimate of drug-likeness (QED) is 0.0772. The average molecular weight is 850 g/mol. The zero-order valence-corrected chi connectivity index (χ0v) is 36.1. The van der Waals surface area contributed by atoms with E-state index in [1.165, 1.54) is 26.2 Å². The maximum atomic E-state index is 14.9. The van der Waals surface area contributed by atoms with Crippen LogP contribution in [0.25, 0.3) is 0 Å². The normalized spacial score (nSPS) is 27.4. The fourth-order valence-corrected chi connectivity index (χ4v) is 8.54. The Kier molecular flexibility index (Phi) is 17.7. The number of benzene rings is 4. The molecule has 7 rings (SSSR count). The number of carbonyl (C=O) groups excluding carboxylic acids is 2. The van der Waals surface area contributed by atoms with Gasteiger partial charge in [0.15, 0.2) is 18.4 Å². The molecule has 0 aromatic heterocycles. The van der Waals surface area contributed by atoms with Gasteiger partial charge in [0.25, 0.3) is 0 Å². The maximum Gasteiger partial charge on any atom is 0.217 e. The van der Waals surface area contributed by atoms with Crippen LogP contribution in [0, 0.1) is 5.92 Å². The molecule has 0 spiro atoms. The van der Waals surface area contributed by atoms with Crippen molar-refractivity contribution in [2.45, 2.75) is 134 Å². The Morgan fingerprint density at radius 3 is 1.94 bits per heavy atom. The fourth-order valence-electron chi connectivity index (χ4n) is 8.54. The third-order valence-electron chi connectivity index (χ3n) is 11.8. The minimum atomic E-state index is -0.949. The third-order valence-corrected chi connectivity index (χ3v) is 11.8. The number of ether oxygens (including phenoxy) is 8. The molecule has 10 atom stereocenters. The number of Topliss-reactive ketones (excluding diaryl/α,β-unsaturated/α-hetero) is 1. The van der Waals surface area contributed by atoms with Crippen LogP contribution in [-0.2, 0) is 67.3 Å². The van der Waals surface area contributed by atoms with Crippen LogP contribution in [0.4, 0.5) is 0 Å². The number of fused-ring (bicyclic) bond motifs is 1. The van der Waals surface area contributed by atoms with Gasteiger partial charge in [0.05, 0.1) is 39.1 Å². The predicted octanol–water partition coefficient (Wildman–Crippen LogP) is 8.44. The number of ketones is 1. The van der Waals surface area contributed by atoms with Gasteiger partial charge in [-0.3, -0.25) is 9.59 Å². The van der Waals surface area contributed by atoms with Gasteiger partial charge in [-0.2, -0.15) is 0 Å². The summed E-state index contributed by atoms with van der Waals surface area (Å²) in [5.41, 5.74) is 3.74. The molecule has 3 fully saturated rings. The van der Waals surface area contributed by atoms with Crippen molar-refractivity contribution in [3.05, 3.63) is 144 Å². The van der Waals surface area contributed by atoms with Crippen LogP contribution < -0.4 is 5.32 Å². The first-order valence-electron chi connectivity index (χ1n) is 22.4. The van der Waals surface area contributed by atoms with Gasteiger partial charge < -0.3 is 43.2 Å². The molecule has 1 amide bonds. The van der Waals surface area contributed by atoms with Gasteiger partial charge in [-0.25, -0.2) is 0 Å². The van der Waals surface area contributed by atoms with E-state index in [1.807, 2.05) is 121 Å². The van der Waals surface area contributed by atoms with Crippen LogP contribution in [0.2, 0.25) is 0 Å². The topological polar surface area (TPSA) is 120 Å². The van der Waals surface area contributed by atoms with Gasteiger partial charge in [0.1, 0.15) is 36.6 Å². The van der Waals surface area contributed by atoms with Crippen molar-refractivity contribution >= 4 is 11.7 Å². The lowest BCUT2D eigenvalue weighted by atomic mass is 9.80. The number of rotatable bonds is 22. The van der Waals surface area contributed by atoms with E-state index in [1.54, 1.807) is 0 Å². The highest BCUT2D eigenvalue weighted by molar-refractivity contribution is 5.89. The Morgan fingerprint density at radius 2 is 1.29 bits per heavy atom. The second-order valence-corrected chi connectivity index (χ2v) is 16.6. The Labute approximate surface area is 366 Å². The van der Waals surface area contributed by atoms with Crippen LogP contribution in [0.1, 0.15) is 87.3 Å². The van der Waals surface area contributed by atoms with Gasteiger partial charge in [-0.1, -0.05) is 160 Å². The first-order chi connectivity index (χ1) is 30.5.